The normalized spacial score (nSPS) is 23.4. The first-order valence-corrected chi connectivity index (χ1v) is 8.70. The van der Waals surface area contributed by atoms with Gasteiger partial charge >= 0.3 is 5.97 Å². The van der Waals surface area contributed by atoms with Crippen LogP contribution in [0.3, 0.4) is 0 Å². The van der Waals surface area contributed by atoms with Crippen LogP contribution in [0.25, 0.3) is 0 Å². The molecule has 0 bridgehead atoms. The van der Waals surface area contributed by atoms with Crippen LogP contribution in [0.5, 0.6) is 0 Å². The molecule has 116 valence electrons. The van der Waals surface area contributed by atoms with E-state index in [2.05, 4.69) is 15.9 Å². The Morgan fingerprint density at radius 3 is 2.71 bits per heavy atom. The van der Waals surface area contributed by atoms with E-state index in [1.54, 1.807) is 6.92 Å². The molecule has 0 aliphatic carbocycles. The molecule has 1 unspecified atom stereocenters. The van der Waals surface area contributed by atoms with Crippen LogP contribution in [0.2, 0.25) is 0 Å². The van der Waals surface area contributed by atoms with Crippen molar-refractivity contribution in [3.63, 3.8) is 0 Å². The predicted octanol–water partition coefficient (Wildman–Crippen LogP) is 2.61. The van der Waals surface area contributed by atoms with Crippen molar-refractivity contribution < 1.29 is 22.7 Å². The van der Waals surface area contributed by atoms with Gasteiger partial charge in [0.05, 0.1) is 9.37 Å². The average Bonchev–Trinajstić information content (AvgIpc) is 2.87. The third-order valence-electron chi connectivity index (χ3n) is 3.89. The van der Waals surface area contributed by atoms with Crippen LogP contribution in [0.15, 0.2) is 27.6 Å². The second-order valence-electron chi connectivity index (χ2n) is 4.95. The molecule has 0 aromatic heterocycles. The van der Waals surface area contributed by atoms with Crippen molar-refractivity contribution >= 4 is 31.9 Å². The van der Waals surface area contributed by atoms with Crippen LogP contribution in [0, 0.1) is 5.82 Å². The zero-order chi connectivity index (χ0) is 15.8. The van der Waals surface area contributed by atoms with Gasteiger partial charge < -0.3 is 5.11 Å². The zero-order valence-corrected chi connectivity index (χ0v) is 13.7. The molecule has 0 saturated carbocycles. The standard InChI is InChI=1S/C13H15BrFNO4S/c1-2-13(12(17)18)6-3-7-16(13)21(19,20)9-4-5-10(14)11(15)8-9/h4-5,8H,2-3,6-7H2,1H3,(H,17,18). The van der Waals surface area contributed by atoms with Crippen molar-refractivity contribution in [1.29, 1.82) is 0 Å². The molecule has 1 aliphatic rings. The van der Waals surface area contributed by atoms with Crippen LogP contribution in [0.1, 0.15) is 26.2 Å². The lowest BCUT2D eigenvalue weighted by Crippen LogP contribution is -2.52. The Bertz CT molecular complexity index is 679. The molecule has 0 spiro atoms. The Balaban J connectivity index is 2.52. The van der Waals surface area contributed by atoms with E-state index in [0.29, 0.717) is 6.42 Å². The Morgan fingerprint density at radius 2 is 2.19 bits per heavy atom. The van der Waals surface area contributed by atoms with Crippen LogP contribution in [-0.4, -0.2) is 35.9 Å². The third kappa shape index (κ3) is 2.60. The van der Waals surface area contributed by atoms with Crippen molar-refractivity contribution in [2.45, 2.75) is 36.6 Å². The minimum absolute atomic E-state index is 0.125. The van der Waals surface area contributed by atoms with Gasteiger partial charge in [0.15, 0.2) is 0 Å². The summed E-state index contributed by atoms with van der Waals surface area (Å²) in [6.45, 7) is 1.77. The number of carboxylic acid groups (broad SMARTS) is 1. The SMILES string of the molecule is CCC1(C(=O)O)CCCN1S(=O)(=O)c1ccc(Br)c(F)c1. The topological polar surface area (TPSA) is 74.7 Å². The smallest absolute Gasteiger partial charge is 0.325 e. The van der Waals surface area contributed by atoms with E-state index in [4.69, 9.17) is 0 Å². The summed E-state index contributed by atoms with van der Waals surface area (Å²) in [7, 11) is -4.05. The Hall–Kier alpha value is -0.990. The number of carboxylic acids is 1. The summed E-state index contributed by atoms with van der Waals surface area (Å²) in [6, 6.07) is 3.47. The minimum atomic E-state index is -4.05. The molecule has 5 nitrogen and oxygen atoms in total. The molecular formula is C13H15BrFNO4S. The summed E-state index contributed by atoms with van der Waals surface area (Å²) in [6.07, 6.45) is 0.899. The molecule has 0 radical (unpaired) electrons. The zero-order valence-electron chi connectivity index (χ0n) is 11.3. The van der Waals surface area contributed by atoms with Gasteiger partial charge in [-0.15, -0.1) is 0 Å². The quantitative estimate of drug-likeness (QED) is 0.872. The lowest BCUT2D eigenvalue weighted by Gasteiger charge is -2.32. The molecule has 1 aromatic carbocycles. The van der Waals surface area contributed by atoms with E-state index in [1.165, 1.54) is 12.1 Å². The van der Waals surface area contributed by atoms with Crippen molar-refractivity contribution in [2.24, 2.45) is 0 Å². The van der Waals surface area contributed by atoms with Gasteiger partial charge in [0.2, 0.25) is 10.0 Å². The van der Waals surface area contributed by atoms with Crippen LogP contribution >= 0.6 is 15.9 Å². The van der Waals surface area contributed by atoms with E-state index in [1.807, 2.05) is 0 Å². The maximum atomic E-state index is 13.6. The van der Waals surface area contributed by atoms with Gasteiger partial charge in [-0.25, -0.2) is 12.8 Å². The summed E-state index contributed by atoms with van der Waals surface area (Å²) in [5.41, 5.74) is -1.44. The van der Waals surface area contributed by atoms with E-state index in [-0.39, 0.29) is 28.8 Å². The van der Waals surface area contributed by atoms with E-state index in [9.17, 15) is 22.7 Å². The molecule has 1 aliphatic heterocycles. The molecule has 21 heavy (non-hydrogen) atoms. The molecule has 2 rings (SSSR count). The second-order valence-corrected chi connectivity index (χ2v) is 7.66. The predicted molar refractivity (Wildman–Crippen MR) is 77.9 cm³/mol. The summed E-state index contributed by atoms with van der Waals surface area (Å²) in [5, 5.41) is 9.46. The molecule has 1 fully saturated rings. The number of hydrogen-bond acceptors (Lipinski definition) is 3. The van der Waals surface area contributed by atoms with E-state index in [0.717, 1.165) is 10.4 Å². The fourth-order valence-electron chi connectivity index (χ4n) is 2.69. The summed E-state index contributed by atoms with van der Waals surface area (Å²) in [4.78, 5) is 11.3. The van der Waals surface area contributed by atoms with Gasteiger partial charge in [0.1, 0.15) is 11.4 Å². The average molecular weight is 380 g/mol. The van der Waals surface area contributed by atoms with Gasteiger partial charge in [-0.3, -0.25) is 4.79 Å². The molecule has 1 atom stereocenters. The number of aliphatic carboxylic acids is 1. The number of benzene rings is 1. The highest BCUT2D eigenvalue weighted by molar-refractivity contribution is 9.10. The highest BCUT2D eigenvalue weighted by Gasteiger charge is 2.52. The van der Waals surface area contributed by atoms with E-state index >= 15 is 0 Å². The summed E-state index contributed by atoms with van der Waals surface area (Å²) >= 11 is 2.96. The molecule has 1 heterocycles. The monoisotopic (exact) mass is 379 g/mol. The lowest BCUT2D eigenvalue weighted by molar-refractivity contribution is -0.147. The lowest BCUT2D eigenvalue weighted by atomic mass is 9.95. The highest BCUT2D eigenvalue weighted by atomic mass is 79.9. The first-order valence-electron chi connectivity index (χ1n) is 6.47. The van der Waals surface area contributed by atoms with E-state index < -0.39 is 27.3 Å². The Labute approximate surface area is 130 Å². The van der Waals surface area contributed by atoms with Crippen molar-refractivity contribution in [3.8, 4) is 0 Å². The number of sulfonamides is 1. The molecule has 1 N–H and O–H groups in total. The van der Waals surface area contributed by atoms with Gasteiger partial charge in [0, 0.05) is 6.54 Å². The van der Waals surface area contributed by atoms with Crippen LogP contribution < -0.4 is 0 Å². The largest absolute Gasteiger partial charge is 0.480 e. The van der Waals surface area contributed by atoms with Gasteiger partial charge in [-0.2, -0.15) is 4.31 Å². The van der Waals surface area contributed by atoms with Crippen LogP contribution in [-0.2, 0) is 14.8 Å². The van der Waals surface area contributed by atoms with Crippen LogP contribution in [0.4, 0.5) is 4.39 Å². The molecule has 0 amide bonds. The second kappa shape index (κ2) is 5.66. The van der Waals surface area contributed by atoms with Crippen molar-refractivity contribution in [1.82, 2.24) is 4.31 Å². The third-order valence-corrected chi connectivity index (χ3v) is 6.50. The van der Waals surface area contributed by atoms with Gasteiger partial charge in [-0.05, 0) is 53.4 Å². The number of hydrogen-bond donors (Lipinski definition) is 1. The summed E-state index contributed by atoms with van der Waals surface area (Å²) < 4.78 is 40.0. The highest BCUT2D eigenvalue weighted by Crippen LogP contribution is 2.37. The van der Waals surface area contributed by atoms with Crippen molar-refractivity contribution in [2.75, 3.05) is 6.54 Å². The Morgan fingerprint density at radius 1 is 1.52 bits per heavy atom. The van der Waals surface area contributed by atoms with Crippen molar-refractivity contribution in [3.05, 3.63) is 28.5 Å². The number of rotatable bonds is 4. The maximum Gasteiger partial charge on any atom is 0.325 e. The molecule has 1 saturated heterocycles. The summed E-state index contributed by atoms with van der Waals surface area (Å²) in [5.74, 6) is -1.86. The van der Waals surface area contributed by atoms with Gasteiger partial charge in [-0.1, -0.05) is 6.92 Å². The molecule has 8 heteroatoms. The number of halogens is 2. The van der Waals surface area contributed by atoms with Gasteiger partial charge in [0.25, 0.3) is 0 Å². The minimum Gasteiger partial charge on any atom is -0.480 e. The maximum absolute atomic E-state index is 13.6. The molecule has 1 aromatic rings. The fraction of sp³-hybridized carbons (Fsp3) is 0.462. The number of nitrogens with zero attached hydrogens (tertiary/aromatic N) is 1. The Kier molecular flexibility index (Phi) is 4.41. The number of carbonyl (C=O) groups is 1. The molecular weight excluding hydrogens is 365 g/mol. The first kappa shape index (κ1) is 16.4. The first-order chi connectivity index (χ1) is 9.75. The fourth-order valence-corrected chi connectivity index (χ4v) is 4.81.